The first-order valence-electron chi connectivity index (χ1n) is 5.86. The average Bonchev–Trinajstić information content (AvgIpc) is 2.65. The molecule has 0 aromatic carbocycles. The third-order valence-corrected chi connectivity index (χ3v) is 3.74. The van der Waals surface area contributed by atoms with E-state index in [9.17, 15) is 8.78 Å². The molecule has 102 valence electrons. The SMILES string of the molecule is Cl.Nc1cc2n(n1)CCOC21CCC(F)(F)CC1. The molecule has 0 unspecified atom stereocenters. The van der Waals surface area contributed by atoms with Crippen molar-refractivity contribution in [3.63, 3.8) is 0 Å². The largest absolute Gasteiger partial charge is 0.382 e. The molecule has 2 N–H and O–H groups in total. The van der Waals surface area contributed by atoms with Crippen LogP contribution >= 0.6 is 12.4 Å². The van der Waals surface area contributed by atoms with E-state index >= 15 is 0 Å². The summed E-state index contributed by atoms with van der Waals surface area (Å²) in [5, 5.41) is 4.16. The fourth-order valence-corrected chi connectivity index (χ4v) is 2.80. The highest BCUT2D eigenvalue weighted by Crippen LogP contribution is 2.47. The molecule has 0 radical (unpaired) electrons. The van der Waals surface area contributed by atoms with Crippen LogP contribution in [-0.4, -0.2) is 22.3 Å². The quantitative estimate of drug-likeness (QED) is 0.793. The van der Waals surface area contributed by atoms with Crippen LogP contribution in [0.25, 0.3) is 0 Å². The average molecular weight is 280 g/mol. The lowest BCUT2D eigenvalue weighted by molar-refractivity contribution is -0.152. The third kappa shape index (κ3) is 2.07. The second kappa shape index (κ2) is 4.35. The molecule has 0 amide bonds. The van der Waals surface area contributed by atoms with Crippen molar-refractivity contribution in [2.45, 2.75) is 43.8 Å². The smallest absolute Gasteiger partial charge is 0.248 e. The van der Waals surface area contributed by atoms with Gasteiger partial charge in [-0.3, -0.25) is 4.68 Å². The molecular formula is C11H16ClF2N3O. The summed E-state index contributed by atoms with van der Waals surface area (Å²) < 4.78 is 34.0. The van der Waals surface area contributed by atoms with Crippen molar-refractivity contribution in [3.8, 4) is 0 Å². The minimum absolute atomic E-state index is 0. The Kier molecular flexibility index (Phi) is 3.27. The predicted octanol–water partition coefficient (Wildman–Crippen LogP) is 2.32. The first-order valence-corrected chi connectivity index (χ1v) is 5.86. The van der Waals surface area contributed by atoms with E-state index in [1.807, 2.05) is 0 Å². The molecule has 1 aromatic heterocycles. The topological polar surface area (TPSA) is 53.1 Å². The van der Waals surface area contributed by atoms with Gasteiger partial charge in [-0.15, -0.1) is 12.4 Å². The number of halogens is 3. The van der Waals surface area contributed by atoms with Crippen LogP contribution in [0.2, 0.25) is 0 Å². The Labute approximate surface area is 110 Å². The summed E-state index contributed by atoms with van der Waals surface area (Å²) in [6, 6.07) is 1.75. The van der Waals surface area contributed by atoms with Gasteiger partial charge in [-0.2, -0.15) is 5.10 Å². The summed E-state index contributed by atoms with van der Waals surface area (Å²) in [6.45, 7) is 1.16. The van der Waals surface area contributed by atoms with E-state index in [4.69, 9.17) is 10.5 Å². The zero-order valence-corrected chi connectivity index (χ0v) is 10.7. The maximum atomic E-state index is 13.2. The predicted molar refractivity (Wildman–Crippen MR) is 64.9 cm³/mol. The number of hydrogen-bond acceptors (Lipinski definition) is 3. The van der Waals surface area contributed by atoms with Crippen LogP contribution in [0.4, 0.5) is 14.6 Å². The second-order valence-electron chi connectivity index (χ2n) is 4.88. The van der Waals surface area contributed by atoms with Crippen molar-refractivity contribution in [3.05, 3.63) is 11.8 Å². The molecule has 1 spiro atoms. The highest BCUT2D eigenvalue weighted by atomic mass is 35.5. The molecular weight excluding hydrogens is 264 g/mol. The van der Waals surface area contributed by atoms with Crippen LogP contribution in [0.5, 0.6) is 0 Å². The normalized spacial score (nSPS) is 24.3. The van der Waals surface area contributed by atoms with Crippen LogP contribution in [0.1, 0.15) is 31.4 Å². The molecule has 1 saturated carbocycles. The molecule has 7 heteroatoms. The fourth-order valence-electron chi connectivity index (χ4n) is 2.80. The number of hydrogen-bond donors (Lipinski definition) is 1. The molecule has 18 heavy (non-hydrogen) atoms. The highest BCUT2D eigenvalue weighted by Gasteiger charge is 2.48. The molecule has 0 bridgehead atoms. The number of ether oxygens (including phenoxy) is 1. The molecule has 1 aromatic rings. The van der Waals surface area contributed by atoms with E-state index in [1.165, 1.54) is 0 Å². The van der Waals surface area contributed by atoms with E-state index in [-0.39, 0.29) is 25.2 Å². The summed E-state index contributed by atoms with van der Waals surface area (Å²) in [5.74, 6) is -2.12. The summed E-state index contributed by atoms with van der Waals surface area (Å²) in [7, 11) is 0. The highest BCUT2D eigenvalue weighted by molar-refractivity contribution is 5.85. The molecule has 4 nitrogen and oxygen atoms in total. The Bertz CT molecular complexity index is 439. The number of rotatable bonds is 0. The Balaban J connectivity index is 0.00000120. The minimum atomic E-state index is -2.55. The maximum Gasteiger partial charge on any atom is 0.248 e. The summed E-state index contributed by atoms with van der Waals surface area (Å²) in [6.07, 6.45) is 0.423. The van der Waals surface area contributed by atoms with Crippen molar-refractivity contribution in [1.29, 1.82) is 0 Å². The molecule has 1 fully saturated rings. The number of aromatic nitrogens is 2. The van der Waals surface area contributed by atoms with E-state index in [1.54, 1.807) is 10.7 Å². The van der Waals surface area contributed by atoms with Gasteiger partial charge in [-0.1, -0.05) is 0 Å². The minimum Gasteiger partial charge on any atom is -0.382 e. The van der Waals surface area contributed by atoms with E-state index in [2.05, 4.69) is 5.10 Å². The summed E-state index contributed by atoms with van der Waals surface area (Å²) >= 11 is 0. The van der Waals surface area contributed by atoms with Gasteiger partial charge in [-0.05, 0) is 12.8 Å². The van der Waals surface area contributed by atoms with Crippen LogP contribution in [0.15, 0.2) is 6.07 Å². The molecule has 2 heterocycles. The summed E-state index contributed by atoms with van der Waals surface area (Å²) in [5.41, 5.74) is 5.93. The first kappa shape index (κ1) is 13.5. The van der Waals surface area contributed by atoms with Gasteiger partial charge in [0.1, 0.15) is 11.4 Å². The van der Waals surface area contributed by atoms with Crippen LogP contribution in [0.3, 0.4) is 0 Å². The lowest BCUT2D eigenvalue weighted by Gasteiger charge is -2.42. The van der Waals surface area contributed by atoms with Crippen LogP contribution < -0.4 is 5.73 Å². The molecule has 2 aliphatic rings. The zero-order chi connectivity index (χ0) is 12.1. The molecule has 0 saturated heterocycles. The van der Waals surface area contributed by atoms with Crippen molar-refractivity contribution in [2.75, 3.05) is 12.3 Å². The van der Waals surface area contributed by atoms with Gasteiger partial charge in [0.2, 0.25) is 5.92 Å². The number of anilines is 1. The number of nitrogen functional groups attached to an aromatic ring is 1. The molecule has 0 atom stereocenters. The Morgan fingerprint density at radius 1 is 1.28 bits per heavy atom. The standard InChI is InChI=1S/C11H15F2N3O.ClH/c12-11(13)3-1-10(2-4-11)8-7-9(14)15-16(8)5-6-17-10;/h7H,1-6H2,(H2,14,15);1H. The molecule has 3 rings (SSSR count). The maximum absolute atomic E-state index is 13.2. The van der Waals surface area contributed by atoms with Gasteiger partial charge in [0.15, 0.2) is 0 Å². The Morgan fingerprint density at radius 2 is 1.94 bits per heavy atom. The van der Waals surface area contributed by atoms with Gasteiger partial charge in [0.25, 0.3) is 0 Å². The van der Waals surface area contributed by atoms with Crippen molar-refractivity contribution >= 4 is 18.2 Å². The van der Waals surface area contributed by atoms with Gasteiger partial charge in [-0.25, -0.2) is 8.78 Å². The molecule has 1 aliphatic heterocycles. The van der Waals surface area contributed by atoms with E-state index in [0.717, 1.165) is 5.69 Å². The second-order valence-corrected chi connectivity index (χ2v) is 4.88. The van der Waals surface area contributed by atoms with Crippen molar-refractivity contribution in [2.24, 2.45) is 0 Å². The Morgan fingerprint density at radius 3 is 2.61 bits per heavy atom. The lowest BCUT2D eigenvalue weighted by Crippen LogP contribution is -2.43. The van der Waals surface area contributed by atoms with Gasteiger partial charge in [0, 0.05) is 18.9 Å². The van der Waals surface area contributed by atoms with E-state index < -0.39 is 11.5 Å². The third-order valence-electron chi connectivity index (χ3n) is 3.74. The molecule has 1 aliphatic carbocycles. The Hall–Kier alpha value is -0.880. The number of alkyl halides is 2. The fraction of sp³-hybridized carbons (Fsp3) is 0.727. The number of nitrogens with two attached hydrogens (primary N) is 1. The van der Waals surface area contributed by atoms with Gasteiger partial charge in [0.05, 0.1) is 18.8 Å². The van der Waals surface area contributed by atoms with E-state index in [0.29, 0.717) is 31.8 Å². The first-order chi connectivity index (χ1) is 8.01. The zero-order valence-electron chi connectivity index (χ0n) is 9.86. The number of fused-ring (bicyclic) bond motifs is 2. The van der Waals surface area contributed by atoms with Crippen LogP contribution in [-0.2, 0) is 16.9 Å². The van der Waals surface area contributed by atoms with Crippen molar-refractivity contribution in [1.82, 2.24) is 9.78 Å². The van der Waals surface area contributed by atoms with Crippen LogP contribution in [0, 0.1) is 0 Å². The lowest BCUT2D eigenvalue weighted by atomic mass is 9.79. The number of nitrogens with zero attached hydrogens (tertiary/aromatic N) is 2. The summed E-state index contributed by atoms with van der Waals surface area (Å²) in [4.78, 5) is 0. The van der Waals surface area contributed by atoms with Gasteiger partial charge >= 0.3 is 0 Å². The monoisotopic (exact) mass is 279 g/mol. The van der Waals surface area contributed by atoms with Crippen molar-refractivity contribution < 1.29 is 13.5 Å². The van der Waals surface area contributed by atoms with Gasteiger partial charge < -0.3 is 10.5 Å².